The topological polar surface area (TPSA) is 46.5 Å². The Labute approximate surface area is 122 Å². The Kier molecular flexibility index (Phi) is 4.31. The van der Waals surface area contributed by atoms with E-state index >= 15 is 0 Å². The maximum Gasteiger partial charge on any atom is 0.308 e. The third kappa shape index (κ3) is 3.00. The van der Waals surface area contributed by atoms with Crippen LogP contribution in [0.4, 0.5) is 0 Å². The molecule has 0 bridgehead atoms. The van der Waals surface area contributed by atoms with Crippen LogP contribution in [0.2, 0.25) is 0 Å². The molecule has 4 heteroatoms. The van der Waals surface area contributed by atoms with Crippen molar-refractivity contribution in [3.63, 3.8) is 0 Å². The van der Waals surface area contributed by atoms with E-state index in [1.165, 1.54) is 7.11 Å². The molecule has 0 saturated heterocycles. The Balaban J connectivity index is 2.26. The fraction of sp³-hybridized carbons (Fsp3) is 0.533. The van der Waals surface area contributed by atoms with Crippen LogP contribution in [0.15, 0.2) is 28.7 Å². The average molecular weight is 327 g/mol. The van der Waals surface area contributed by atoms with Gasteiger partial charge in [0.2, 0.25) is 0 Å². The van der Waals surface area contributed by atoms with Crippen LogP contribution in [0.3, 0.4) is 0 Å². The van der Waals surface area contributed by atoms with Gasteiger partial charge in [0.25, 0.3) is 0 Å². The van der Waals surface area contributed by atoms with E-state index in [2.05, 4.69) is 20.7 Å². The normalized spacial score (nSPS) is 19.6. The third-order valence-electron chi connectivity index (χ3n) is 4.17. The van der Waals surface area contributed by atoms with Crippen molar-refractivity contribution in [3.05, 3.63) is 34.3 Å². The number of hydrogen-bond donors (Lipinski definition) is 1. The number of esters is 1. The van der Waals surface area contributed by atoms with E-state index < -0.39 is 6.10 Å². The van der Waals surface area contributed by atoms with Gasteiger partial charge in [-0.1, -0.05) is 35.0 Å². The second-order valence-electron chi connectivity index (χ2n) is 5.36. The maximum absolute atomic E-state index is 11.4. The van der Waals surface area contributed by atoms with E-state index in [1.54, 1.807) is 0 Å². The predicted octanol–water partition coefficient (Wildman–Crippen LogP) is 3.04. The molecule has 2 unspecified atom stereocenters. The SMILES string of the molecule is COC(=O)CC(O)C(C)(c1ccc(Br)cc1)C1CC1. The minimum absolute atomic E-state index is 0.0412. The lowest BCUT2D eigenvalue weighted by Gasteiger charge is -2.35. The molecule has 1 aliphatic rings. The van der Waals surface area contributed by atoms with Crippen LogP contribution in [0, 0.1) is 5.92 Å². The first-order valence-corrected chi connectivity index (χ1v) is 7.28. The quantitative estimate of drug-likeness (QED) is 0.846. The van der Waals surface area contributed by atoms with Gasteiger partial charge in [-0.15, -0.1) is 0 Å². The van der Waals surface area contributed by atoms with Crippen LogP contribution in [-0.4, -0.2) is 24.3 Å². The zero-order valence-electron chi connectivity index (χ0n) is 11.2. The second kappa shape index (κ2) is 5.63. The number of rotatable bonds is 5. The van der Waals surface area contributed by atoms with Crippen molar-refractivity contribution < 1.29 is 14.6 Å². The highest BCUT2D eigenvalue weighted by Crippen LogP contribution is 2.50. The molecule has 0 heterocycles. The lowest BCUT2D eigenvalue weighted by molar-refractivity contribution is -0.144. The number of ether oxygens (including phenoxy) is 1. The third-order valence-corrected chi connectivity index (χ3v) is 4.70. The predicted molar refractivity (Wildman–Crippen MR) is 76.9 cm³/mol. The molecule has 0 radical (unpaired) electrons. The van der Waals surface area contributed by atoms with Crippen LogP contribution in [-0.2, 0) is 14.9 Å². The van der Waals surface area contributed by atoms with Gasteiger partial charge in [0, 0.05) is 9.89 Å². The Morgan fingerprint density at radius 2 is 2.05 bits per heavy atom. The molecule has 0 amide bonds. The van der Waals surface area contributed by atoms with Crippen molar-refractivity contribution in [2.75, 3.05) is 7.11 Å². The Morgan fingerprint density at radius 1 is 1.47 bits per heavy atom. The molecule has 1 saturated carbocycles. The van der Waals surface area contributed by atoms with Crippen molar-refractivity contribution in [2.45, 2.75) is 37.7 Å². The molecule has 3 nitrogen and oxygen atoms in total. The number of hydrogen-bond acceptors (Lipinski definition) is 3. The number of halogens is 1. The number of aliphatic hydroxyl groups excluding tert-OH is 1. The number of carbonyl (C=O) groups is 1. The largest absolute Gasteiger partial charge is 0.469 e. The number of benzene rings is 1. The minimum Gasteiger partial charge on any atom is -0.469 e. The summed E-state index contributed by atoms with van der Waals surface area (Å²) in [6, 6.07) is 7.98. The molecular formula is C15H19BrO3. The molecular weight excluding hydrogens is 308 g/mol. The monoisotopic (exact) mass is 326 g/mol. The van der Waals surface area contributed by atoms with Crippen LogP contribution >= 0.6 is 15.9 Å². The average Bonchev–Trinajstić information content (AvgIpc) is 3.23. The van der Waals surface area contributed by atoms with Gasteiger partial charge in [-0.05, 0) is 36.5 Å². The lowest BCUT2D eigenvalue weighted by Crippen LogP contribution is -2.40. The van der Waals surface area contributed by atoms with E-state index in [1.807, 2.05) is 31.2 Å². The summed E-state index contributed by atoms with van der Waals surface area (Å²) >= 11 is 3.42. The van der Waals surface area contributed by atoms with Crippen molar-refractivity contribution >= 4 is 21.9 Å². The molecule has 1 aromatic carbocycles. The highest BCUT2D eigenvalue weighted by atomic mass is 79.9. The smallest absolute Gasteiger partial charge is 0.308 e. The van der Waals surface area contributed by atoms with E-state index in [0.29, 0.717) is 5.92 Å². The van der Waals surface area contributed by atoms with Gasteiger partial charge >= 0.3 is 5.97 Å². The molecule has 0 aliphatic heterocycles. The lowest BCUT2D eigenvalue weighted by atomic mass is 9.72. The zero-order valence-corrected chi connectivity index (χ0v) is 12.8. The van der Waals surface area contributed by atoms with E-state index in [-0.39, 0.29) is 17.8 Å². The van der Waals surface area contributed by atoms with Gasteiger partial charge in [-0.2, -0.15) is 0 Å². The van der Waals surface area contributed by atoms with Gasteiger partial charge in [0.15, 0.2) is 0 Å². The second-order valence-corrected chi connectivity index (χ2v) is 6.28. The van der Waals surface area contributed by atoms with Crippen molar-refractivity contribution in [3.8, 4) is 0 Å². The van der Waals surface area contributed by atoms with Crippen molar-refractivity contribution in [1.29, 1.82) is 0 Å². The highest BCUT2D eigenvalue weighted by Gasteiger charge is 2.48. The van der Waals surface area contributed by atoms with Gasteiger partial charge < -0.3 is 9.84 Å². The first-order valence-electron chi connectivity index (χ1n) is 6.49. The molecule has 1 fully saturated rings. The van der Waals surface area contributed by atoms with Crippen LogP contribution in [0.1, 0.15) is 31.7 Å². The standard InChI is InChI=1S/C15H19BrO3/c1-15(10-3-4-10,13(17)9-14(18)19-2)11-5-7-12(16)8-6-11/h5-8,10,13,17H,3-4,9H2,1-2H3. The first-order chi connectivity index (χ1) is 8.98. The number of aliphatic hydroxyl groups is 1. The summed E-state index contributed by atoms with van der Waals surface area (Å²) in [7, 11) is 1.35. The molecule has 19 heavy (non-hydrogen) atoms. The summed E-state index contributed by atoms with van der Waals surface area (Å²) in [5, 5.41) is 10.5. The Bertz CT molecular complexity index is 453. The van der Waals surface area contributed by atoms with Crippen LogP contribution in [0.25, 0.3) is 0 Å². The van der Waals surface area contributed by atoms with Crippen LogP contribution in [0.5, 0.6) is 0 Å². The van der Waals surface area contributed by atoms with Crippen LogP contribution < -0.4 is 0 Å². The zero-order chi connectivity index (χ0) is 14.0. The summed E-state index contributed by atoms with van der Waals surface area (Å²) in [4.78, 5) is 11.4. The maximum atomic E-state index is 11.4. The summed E-state index contributed by atoms with van der Waals surface area (Å²) in [6.07, 6.45) is 1.53. The summed E-state index contributed by atoms with van der Waals surface area (Å²) in [6.45, 7) is 2.04. The van der Waals surface area contributed by atoms with E-state index in [0.717, 1.165) is 22.9 Å². The number of methoxy groups -OCH3 is 1. The highest BCUT2D eigenvalue weighted by molar-refractivity contribution is 9.10. The molecule has 1 aliphatic carbocycles. The Hall–Kier alpha value is -0.870. The van der Waals surface area contributed by atoms with E-state index in [9.17, 15) is 9.90 Å². The van der Waals surface area contributed by atoms with Crippen molar-refractivity contribution in [1.82, 2.24) is 0 Å². The fourth-order valence-electron chi connectivity index (χ4n) is 2.65. The molecule has 2 atom stereocenters. The van der Waals surface area contributed by atoms with Gasteiger partial charge in [0.1, 0.15) is 0 Å². The van der Waals surface area contributed by atoms with Gasteiger partial charge in [-0.3, -0.25) is 4.79 Å². The minimum atomic E-state index is -0.714. The summed E-state index contributed by atoms with van der Waals surface area (Å²) in [5.41, 5.74) is 0.698. The molecule has 1 aromatic rings. The van der Waals surface area contributed by atoms with Crippen molar-refractivity contribution in [2.24, 2.45) is 5.92 Å². The van der Waals surface area contributed by atoms with E-state index in [4.69, 9.17) is 0 Å². The molecule has 104 valence electrons. The fourth-order valence-corrected chi connectivity index (χ4v) is 2.91. The van der Waals surface area contributed by atoms with Gasteiger partial charge in [-0.25, -0.2) is 0 Å². The molecule has 2 rings (SSSR count). The molecule has 0 spiro atoms. The number of carbonyl (C=O) groups excluding carboxylic acids is 1. The molecule has 0 aromatic heterocycles. The first kappa shape index (κ1) is 14.5. The molecule has 1 N–H and O–H groups in total. The van der Waals surface area contributed by atoms with Gasteiger partial charge in [0.05, 0.1) is 19.6 Å². The summed E-state index contributed by atoms with van der Waals surface area (Å²) in [5.74, 6) is 0.0739. The Morgan fingerprint density at radius 3 is 2.53 bits per heavy atom. The summed E-state index contributed by atoms with van der Waals surface area (Å²) < 4.78 is 5.68.